The number of piperidine rings is 1. The van der Waals surface area contributed by atoms with E-state index in [0.717, 1.165) is 19.5 Å². The molecule has 0 unspecified atom stereocenters. The maximum absolute atomic E-state index is 11.2. The van der Waals surface area contributed by atoms with Gasteiger partial charge in [-0.15, -0.1) is 0 Å². The molecule has 2 aliphatic heterocycles. The van der Waals surface area contributed by atoms with Crippen LogP contribution in [0.25, 0.3) is 0 Å². The largest absolute Gasteiger partial charge is 0.339 e. The molecule has 0 spiro atoms. The number of β-lactam (4-membered cyclic amide) rings is 1. The third kappa shape index (κ3) is 6.95. The molecule has 0 bridgehead atoms. The Balaban J connectivity index is 0. The highest BCUT2D eigenvalue weighted by atomic mass is 16.2. The fourth-order valence-corrected chi connectivity index (χ4v) is 2.27. The molecule has 2 aliphatic rings. The first-order chi connectivity index (χ1) is 9.31. The molecule has 2 saturated heterocycles. The van der Waals surface area contributed by atoms with E-state index in [9.17, 15) is 4.79 Å². The summed E-state index contributed by atoms with van der Waals surface area (Å²) in [6.07, 6.45) is 3.15. The van der Waals surface area contributed by atoms with Crippen LogP contribution >= 0.6 is 0 Å². The highest BCUT2D eigenvalue weighted by Gasteiger charge is 2.32. The number of hydrogen-bond donors (Lipinski definition) is 0. The first-order valence-corrected chi connectivity index (χ1v) is 8.33. The molecule has 0 aliphatic carbocycles. The summed E-state index contributed by atoms with van der Waals surface area (Å²) >= 11 is 0. The van der Waals surface area contributed by atoms with Gasteiger partial charge in [0.25, 0.3) is 0 Å². The number of carbonyl (C=O) groups excluding carboxylic acids is 1. The molecule has 0 aromatic heterocycles. The van der Waals surface area contributed by atoms with Crippen LogP contribution in [0.3, 0.4) is 0 Å². The summed E-state index contributed by atoms with van der Waals surface area (Å²) in [7, 11) is 0. The van der Waals surface area contributed by atoms with Crippen LogP contribution in [-0.4, -0.2) is 47.9 Å². The lowest BCUT2D eigenvalue weighted by Gasteiger charge is -2.42. The van der Waals surface area contributed by atoms with E-state index in [1.54, 1.807) is 0 Å². The topological polar surface area (TPSA) is 23.6 Å². The lowest BCUT2D eigenvalue weighted by atomic mass is 9.99. The van der Waals surface area contributed by atoms with E-state index in [-0.39, 0.29) is 0 Å². The lowest BCUT2D eigenvalue weighted by Crippen LogP contribution is -2.53. The minimum Gasteiger partial charge on any atom is -0.339 e. The molecule has 3 nitrogen and oxygen atoms in total. The monoisotopic (exact) mass is 272 g/mol. The fraction of sp³-hybridized carbons (Fsp3) is 0.938. The molecule has 2 fully saturated rings. The van der Waals surface area contributed by atoms with Gasteiger partial charge in [0, 0.05) is 32.1 Å². The second kappa shape index (κ2) is 13.9. The Labute approximate surface area is 121 Å². The van der Waals surface area contributed by atoms with E-state index in [2.05, 4.69) is 16.7 Å². The van der Waals surface area contributed by atoms with E-state index in [0.29, 0.717) is 11.9 Å². The normalized spacial score (nSPS) is 18.9. The molecule has 0 radical (unpaired) electrons. The van der Waals surface area contributed by atoms with Gasteiger partial charge in [-0.2, -0.15) is 0 Å². The van der Waals surface area contributed by atoms with Crippen LogP contribution in [-0.2, 0) is 4.79 Å². The van der Waals surface area contributed by atoms with Crippen LogP contribution in [0.4, 0.5) is 0 Å². The van der Waals surface area contributed by atoms with Crippen molar-refractivity contribution in [3.05, 3.63) is 0 Å². The molecule has 0 aromatic rings. The molecular formula is C16H36N2O. The average molecular weight is 272 g/mol. The van der Waals surface area contributed by atoms with Crippen LogP contribution in [0.15, 0.2) is 0 Å². The fourth-order valence-electron chi connectivity index (χ4n) is 2.27. The summed E-state index contributed by atoms with van der Waals surface area (Å²) in [5.74, 6) is 0.370. The average Bonchev–Trinajstić information content (AvgIpc) is 2.52. The van der Waals surface area contributed by atoms with Gasteiger partial charge in [-0.05, 0) is 19.4 Å². The van der Waals surface area contributed by atoms with Crippen molar-refractivity contribution in [3.8, 4) is 0 Å². The van der Waals surface area contributed by atoms with Crippen molar-refractivity contribution in [3.63, 3.8) is 0 Å². The molecular weight excluding hydrogens is 236 g/mol. The Morgan fingerprint density at radius 3 is 1.68 bits per heavy atom. The molecule has 2 heterocycles. The smallest absolute Gasteiger partial charge is 0.224 e. The Hall–Kier alpha value is -0.570. The van der Waals surface area contributed by atoms with Crippen molar-refractivity contribution < 1.29 is 4.79 Å². The first kappa shape index (κ1) is 20.7. The molecule has 1 amide bonds. The Kier molecular flexibility index (Phi) is 15.1. The van der Waals surface area contributed by atoms with Crippen LogP contribution in [0.1, 0.15) is 67.7 Å². The third-order valence-electron chi connectivity index (χ3n) is 3.33. The van der Waals surface area contributed by atoms with E-state index >= 15 is 0 Å². The highest BCUT2D eigenvalue weighted by Crippen LogP contribution is 2.21. The van der Waals surface area contributed by atoms with Gasteiger partial charge in [-0.25, -0.2) is 0 Å². The van der Waals surface area contributed by atoms with Gasteiger partial charge >= 0.3 is 0 Å². The first-order valence-electron chi connectivity index (χ1n) is 8.33. The number of hydrogen-bond acceptors (Lipinski definition) is 2. The Bertz CT molecular complexity index is 199. The van der Waals surface area contributed by atoms with Crippen LogP contribution in [0, 0.1) is 0 Å². The molecule has 19 heavy (non-hydrogen) atoms. The van der Waals surface area contributed by atoms with Gasteiger partial charge in [0.15, 0.2) is 0 Å². The van der Waals surface area contributed by atoms with Gasteiger partial charge in [-0.1, -0.05) is 48.5 Å². The van der Waals surface area contributed by atoms with Crippen molar-refractivity contribution in [2.24, 2.45) is 0 Å². The van der Waals surface area contributed by atoms with Gasteiger partial charge < -0.3 is 9.80 Å². The molecule has 116 valence electrons. The number of likely N-dealkylation sites (tertiary alicyclic amines) is 2. The summed E-state index contributed by atoms with van der Waals surface area (Å²) < 4.78 is 0. The van der Waals surface area contributed by atoms with E-state index in [4.69, 9.17) is 0 Å². The van der Waals surface area contributed by atoms with Crippen molar-refractivity contribution in [2.75, 3.05) is 26.2 Å². The van der Waals surface area contributed by atoms with Crippen molar-refractivity contribution in [1.82, 2.24) is 9.80 Å². The summed E-state index contributed by atoms with van der Waals surface area (Å²) in [6, 6.07) is 0.559. The Morgan fingerprint density at radius 2 is 1.42 bits per heavy atom. The SMILES string of the molecule is CC.CC.CC.CCN1CCC(N2CCC2=O)CC1. The minimum atomic E-state index is 0.370. The molecule has 0 saturated carbocycles. The molecule has 2 rings (SSSR count). The lowest BCUT2D eigenvalue weighted by molar-refractivity contribution is -0.144. The van der Waals surface area contributed by atoms with E-state index in [1.165, 1.54) is 25.9 Å². The number of rotatable bonds is 2. The van der Waals surface area contributed by atoms with Gasteiger partial charge in [-0.3, -0.25) is 4.79 Å². The van der Waals surface area contributed by atoms with Gasteiger partial charge in [0.1, 0.15) is 0 Å². The van der Waals surface area contributed by atoms with E-state index in [1.807, 2.05) is 41.5 Å². The minimum absolute atomic E-state index is 0.370. The molecule has 0 N–H and O–H groups in total. The second-order valence-corrected chi connectivity index (χ2v) is 4.00. The third-order valence-corrected chi connectivity index (χ3v) is 3.33. The maximum Gasteiger partial charge on any atom is 0.224 e. The van der Waals surface area contributed by atoms with Crippen LogP contribution in [0.2, 0.25) is 0 Å². The zero-order valence-corrected chi connectivity index (χ0v) is 14.3. The van der Waals surface area contributed by atoms with Crippen LogP contribution < -0.4 is 0 Å². The predicted molar refractivity (Wildman–Crippen MR) is 85.5 cm³/mol. The number of nitrogens with zero attached hydrogens (tertiary/aromatic N) is 2. The molecule has 0 atom stereocenters. The predicted octanol–water partition coefficient (Wildman–Crippen LogP) is 3.78. The van der Waals surface area contributed by atoms with Gasteiger partial charge in [0.2, 0.25) is 5.91 Å². The summed E-state index contributed by atoms with van der Waals surface area (Å²) in [5, 5.41) is 0. The van der Waals surface area contributed by atoms with Crippen LogP contribution in [0.5, 0.6) is 0 Å². The standard InChI is InChI=1S/C10H18N2O.3C2H6/c1-2-11-6-3-9(4-7-11)12-8-5-10(12)13;3*1-2/h9H,2-8H2,1H3;3*1-2H3. The molecule has 3 heteroatoms. The molecule has 0 aromatic carbocycles. The quantitative estimate of drug-likeness (QED) is 0.714. The number of carbonyl (C=O) groups is 1. The number of amides is 1. The van der Waals surface area contributed by atoms with E-state index < -0.39 is 0 Å². The zero-order chi connectivity index (χ0) is 15.3. The zero-order valence-electron chi connectivity index (χ0n) is 14.3. The second-order valence-electron chi connectivity index (χ2n) is 4.00. The summed E-state index contributed by atoms with van der Waals surface area (Å²) in [4.78, 5) is 15.7. The van der Waals surface area contributed by atoms with Crippen molar-refractivity contribution >= 4 is 5.91 Å². The van der Waals surface area contributed by atoms with Crippen molar-refractivity contribution in [2.45, 2.75) is 73.8 Å². The highest BCUT2D eigenvalue weighted by molar-refractivity contribution is 5.82. The summed E-state index contributed by atoms with van der Waals surface area (Å²) in [5.41, 5.74) is 0. The summed E-state index contributed by atoms with van der Waals surface area (Å²) in [6.45, 7) is 18.7. The Morgan fingerprint density at radius 1 is 0.947 bits per heavy atom. The maximum atomic E-state index is 11.2. The van der Waals surface area contributed by atoms with Gasteiger partial charge in [0.05, 0.1) is 0 Å². The van der Waals surface area contributed by atoms with Crippen molar-refractivity contribution in [1.29, 1.82) is 0 Å².